The zero-order valence-corrected chi connectivity index (χ0v) is 21.2. The number of aliphatic hydroxyl groups excluding tert-OH is 1. The van der Waals surface area contributed by atoms with Crippen LogP contribution in [0, 0.1) is 0 Å². The third-order valence-corrected chi connectivity index (χ3v) is 6.33. The van der Waals surface area contributed by atoms with Gasteiger partial charge in [0.25, 0.3) is 11.7 Å². The van der Waals surface area contributed by atoms with Crippen molar-refractivity contribution in [3.05, 3.63) is 89.5 Å². The van der Waals surface area contributed by atoms with Crippen molar-refractivity contribution in [2.45, 2.75) is 58.7 Å². The summed E-state index contributed by atoms with van der Waals surface area (Å²) in [5.74, 6) is -0.426. The molecule has 0 bridgehead atoms. The Morgan fingerprint density at radius 1 is 1.00 bits per heavy atom. The van der Waals surface area contributed by atoms with Gasteiger partial charge in [0.1, 0.15) is 11.5 Å². The van der Waals surface area contributed by atoms with E-state index in [2.05, 4.69) is 18.8 Å². The third-order valence-electron chi connectivity index (χ3n) is 6.33. The van der Waals surface area contributed by atoms with Gasteiger partial charge in [0.05, 0.1) is 24.0 Å². The van der Waals surface area contributed by atoms with Crippen LogP contribution < -0.4 is 4.74 Å². The molecule has 2 aromatic carbocycles. The number of ether oxygens (including phenoxy) is 1. The Bertz CT molecular complexity index is 1230. The monoisotopic (exact) mass is 487 g/mol. The minimum Gasteiger partial charge on any atom is -0.507 e. The molecule has 1 amide bonds. The average molecular weight is 488 g/mol. The molecule has 7 heteroatoms. The van der Waals surface area contributed by atoms with Crippen LogP contribution in [0.25, 0.3) is 5.76 Å². The van der Waals surface area contributed by atoms with Crippen LogP contribution in [0.5, 0.6) is 5.75 Å². The largest absolute Gasteiger partial charge is 0.507 e. The fraction of sp³-hybridized carbons (Fsp3) is 0.345. The van der Waals surface area contributed by atoms with Crippen LogP contribution in [0.2, 0.25) is 0 Å². The summed E-state index contributed by atoms with van der Waals surface area (Å²) in [6, 6.07) is 14.2. The summed E-state index contributed by atoms with van der Waals surface area (Å²) in [4.78, 5) is 32.0. The SMILES string of the molecule is CC(C)Oc1ccc(C(O)=C2C(=O)C(=O)N(CCCn3ccnc3)[C@H]2c2ccc(C(C)C)cc2)cc1. The predicted octanol–water partition coefficient (Wildman–Crippen LogP) is 5.31. The number of aliphatic hydroxyl groups is 1. The Balaban J connectivity index is 1.70. The minimum absolute atomic E-state index is 0.0194. The molecule has 1 N–H and O–H groups in total. The van der Waals surface area contributed by atoms with E-state index in [-0.39, 0.29) is 17.4 Å². The van der Waals surface area contributed by atoms with E-state index >= 15 is 0 Å². The van der Waals surface area contributed by atoms with Crippen molar-refractivity contribution in [1.82, 2.24) is 14.5 Å². The van der Waals surface area contributed by atoms with E-state index in [4.69, 9.17) is 4.74 Å². The number of amides is 1. The number of benzene rings is 2. The number of ketones is 1. The van der Waals surface area contributed by atoms with Crippen molar-refractivity contribution in [3.63, 3.8) is 0 Å². The summed E-state index contributed by atoms with van der Waals surface area (Å²) in [5.41, 5.74) is 2.53. The standard InChI is InChI=1S/C29H33N3O4/c1-19(2)21-6-8-22(9-7-21)26-25(27(33)23-10-12-24(13-11-23)36-20(3)4)28(34)29(35)32(26)16-5-15-31-17-14-30-18-31/h6-14,17-20,26,33H,5,15-16H2,1-4H3/t26-/m0/s1. The van der Waals surface area contributed by atoms with Crippen LogP contribution in [-0.2, 0) is 16.1 Å². The van der Waals surface area contributed by atoms with Crippen LogP contribution in [0.1, 0.15) is 62.8 Å². The molecule has 1 aromatic heterocycles. The normalized spacial score (nSPS) is 17.4. The van der Waals surface area contributed by atoms with E-state index in [9.17, 15) is 14.7 Å². The van der Waals surface area contributed by atoms with Gasteiger partial charge in [0.2, 0.25) is 0 Å². The number of nitrogens with zero attached hydrogens (tertiary/aromatic N) is 3. The number of aryl methyl sites for hydroxylation is 1. The van der Waals surface area contributed by atoms with Gasteiger partial charge in [-0.25, -0.2) is 4.98 Å². The van der Waals surface area contributed by atoms with Gasteiger partial charge < -0.3 is 19.3 Å². The van der Waals surface area contributed by atoms with Crippen molar-refractivity contribution in [1.29, 1.82) is 0 Å². The number of rotatable bonds is 9. The summed E-state index contributed by atoms with van der Waals surface area (Å²) in [5, 5.41) is 11.3. The highest BCUT2D eigenvalue weighted by molar-refractivity contribution is 6.46. The van der Waals surface area contributed by atoms with Gasteiger partial charge in [-0.2, -0.15) is 0 Å². The first kappa shape index (κ1) is 25.2. The van der Waals surface area contributed by atoms with Gasteiger partial charge in [-0.3, -0.25) is 9.59 Å². The molecule has 0 aliphatic carbocycles. The molecule has 0 saturated carbocycles. The maximum Gasteiger partial charge on any atom is 0.295 e. The lowest BCUT2D eigenvalue weighted by atomic mass is 9.93. The summed E-state index contributed by atoms with van der Waals surface area (Å²) >= 11 is 0. The van der Waals surface area contributed by atoms with Gasteiger partial charge in [-0.15, -0.1) is 0 Å². The number of hydrogen-bond donors (Lipinski definition) is 1. The number of aromatic nitrogens is 2. The Morgan fingerprint density at radius 3 is 2.28 bits per heavy atom. The lowest BCUT2D eigenvalue weighted by Crippen LogP contribution is -2.31. The lowest BCUT2D eigenvalue weighted by Gasteiger charge is -2.26. The molecule has 36 heavy (non-hydrogen) atoms. The number of Topliss-reactive ketones (excluding diaryl/α,β-unsaturated/α-hetero) is 1. The zero-order chi connectivity index (χ0) is 25.8. The quantitative estimate of drug-likeness (QED) is 0.251. The van der Waals surface area contributed by atoms with Crippen molar-refractivity contribution < 1.29 is 19.4 Å². The van der Waals surface area contributed by atoms with E-state index in [1.165, 1.54) is 0 Å². The number of carbonyl (C=O) groups is 2. The number of imidazole rings is 1. The second kappa shape index (κ2) is 10.8. The Kier molecular flexibility index (Phi) is 7.58. The number of likely N-dealkylation sites (tertiary alicyclic amines) is 1. The van der Waals surface area contributed by atoms with Crippen LogP contribution in [-0.4, -0.2) is 43.9 Å². The van der Waals surface area contributed by atoms with Crippen LogP contribution in [0.4, 0.5) is 0 Å². The Hall–Kier alpha value is -3.87. The molecule has 188 valence electrons. The molecule has 3 aromatic rings. The fourth-order valence-corrected chi connectivity index (χ4v) is 4.48. The molecule has 1 aliphatic rings. The van der Waals surface area contributed by atoms with Gasteiger partial charge in [0, 0.05) is 31.0 Å². The van der Waals surface area contributed by atoms with Gasteiger partial charge in [-0.05, 0) is 61.6 Å². The van der Waals surface area contributed by atoms with E-state index in [0.717, 1.165) is 11.1 Å². The van der Waals surface area contributed by atoms with Crippen molar-refractivity contribution in [2.24, 2.45) is 0 Å². The highest BCUT2D eigenvalue weighted by Crippen LogP contribution is 2.40. The van der Waals surface area contributed by atoms with Crippen LogP contribution >= 0.6 is 0 Å². The van der Waals surface area contributed by atoms with E-state index < -0.39 is 17.7 Å². The first-order chi connectivity index (χ1) is 17.3. The molecule has 2 heterocycles. The zero-order valence-electron chi connectivity index (χ0n) is 21.2. The van der Waals surface area contributed by atoms with Crippen molar-refractivity contribution in [3.8, 4) is 5.75 Å². The molecular formula is C29H33N3O4. The summed E-state index contributed by atoms with van der Waals surface area (Å²) in [6.45, 7) is 9.14. The fourth-order valence-electron chi connectivity index (χ4n) is 4.48. The second-order valence-corrected chi connectivity index (χ2v) is 9.66. The number of carbonyl (C=O) groups excluding carboxylic acids is 2. The molecule has 0 radical (unpaired) electrons. The van der Waals surface area contributed by atoms with Crippen molar-refractivity contribution in [2.75, 3.05) is 6.54 Å². The predicted molar refractivity (Wildman–Crippen MR) is 139 cm³/mol. The summed E-state index contributed by atoms with van der Waals surface area (Å²) in [7, 11) is 0. The lowest BCUT2D eigenvalue weighted by molar-refractivity contribution is -0.139. The van der Waals surface area contributed by atoms with Crippen LogP contribution in [0.15, 0.2) is 72.8 Å². The molecular weight excluding hydrogens is 454 g/mol. The molecule has 0 spiro atoms. The molecule has 1 fully saturated rings. The molecule has 1 saturated heterocycles. The average Bonchev–Trinajstić information content (AvgIpc) is 3.46. The molecule has 4 rings (SSSR count). The molecule has 1 aliphatic heterocycles. The van der Waals surface area contributed by atoms with Crippen molar-refractivity contribution >= 4 is 17.4 Å². The topological polar surface area (TPSA) is 84.7 Å². The van der Waals surface area contributed by atoms with E-state index in [0.29, 0.717) is 36.7 Å². The van der Waals surface area contributed by atoms with E-state index in [1.807, 2.05) is 48.9 Å². The van der Waals surface area contributed by atoms with Crippen LogP contribution in [0.3, 0.4) is 0 Å². The highest BCUT2D eigenvalue weighted by Gasteiger charge is 2.45. The maximum absolute atomic E-state index is 13.2. The first-order valence-electron chi connectivity index (χ1n) is 12.4. The maximum atomic E-state index is 13.2. The Morgan fingerprint density at radius 2 is 1.69 bits per heavy atom. The summed E-state index contributed by atoms with van der Waals surface area (Å²) < 4.78 is 7.63. The van der Waals surface area contributed by atoms with Gasteiger partial charge in [-0.1, -0.05) is 38.1 Å². The van der Waals surface area contributed by atoms with Gasteiger partial charge in [0.15, 0.2) is 0 Å². The first-order valence-corrected chi connectivity index (χ1v) is 12.4. The summed E-state index contributed by atoms with van der Waals surface area (Å²) in [6.07, 6.45) is 5.96. The second-order valence-electron chi connectivity index (χ2n) is 9.66. The third kappa shape index (κ3) is 5.35. The van der Waals surface area contributed by atoms with Gasteiger partial charge >= 0.3 is 0 Å². The Labute approximate surface area is 212 Å². The smallest absolute Gasteiger partial charge is 0.295 e. The molecule has 0 unspecified atom stereocenters. The number of hydrogen-bond acceptors (Lipinski definition) is 5. The van der Waals surface area contributed by atoms with E-state index in [1.54, 1.807) is 41.7 Å². The highest BCUT2D eigenvalue weighted by atomic mass is 16.5. The molecule has 1 atom stereocenters. The minimum atomic E-state index is -0.671. The molecule has 7 nitrogen and oxygen atoms in total.